The van der Waals surface area contributed by atoms with Crippen LogP contribution in [0, 0.1) is 18.6 Å². The molecule has 0 bridgehead atoms. The number of carbonyl (C=O) groups is 1. The van der Waals surface area contributed by atoms with Crippen LogP contribution in [0.15, 0.2) is 28.1 Å². The third-order valence-electron chi connectivity index (χ3n) is 2.84. The highest BCUT2D eigenvalue weighted by Gasteiger charge is 2.18. The molecule has 106 valence electrons. The van der Waals surface area contributed by atoms with Gasteiger partial charge in [0.05, 0.1) is 12.1 Å². The van der Waals surface area contributed by atoms with E-state index < -0.39 is 17.5 Å². The third kappa shape index (κ3) is 3.24. The average molecular weight is 360 g/mol. The van der Waals surface area contributed by atoms with Crippen molar-refractivity contribution in [3.05, 3.63) is 55.7 Å². The van der Waals surface area contributed by atoms with Crippen LogP contribution >= 0.6 is 27.3 Å². The first-order valence-corrected chi connectivity index (χ1v) is 7.49. The number of thiophene rings is 1. The maximum atomic E-state index is 13.7. The molecule has 1 amide bonds. The summed E-state index contributed by atoms with van der Waals surface area (Å²) in [7, 11) is 1.59. The van der Waals surface area contributed by atoms with E-state index in [0.717, 1.165) is 15.4 Å². The van der Waals surface area contributed by atoms with Crippen molar-refractivity contribution in [3.8, 4) is 0 Å². The maximum Gasteiger partial charge on any atom is 0.256 e. The summed E-state index contributed by atoms with van der Waals surface area (Å²) in [6.45, 7) is 1.88. The van der Waals surface area contributed by atoms with Crippen LogP contribution in [0.2, 0.25) is 0 Å². The van der Waals surface area contributed by atoms with Crippen LogP contribution in [-0.4, -0.2) is 17.9 Å². The first-order valence-electron chi connectivity index (χ1n) is 5.82. The first kappa shape index (κ1) is 15.1. The Morgan fingerprint density at radius 1 is 1.30 bits per heavy atom. The molecule has 1 aromatic heterocycles. The number of hydrogen-bond donors (Lipinski definition) is 0. The van der Waals surface area contributed by atoms with Gasteiger partial charge in [-0.3, -0.25) is 4.79 Å². The predicted octanol–water partition coefficient (Wildman–Crippen LogP) is 4.37. The lowest BCUT2D eigenvalue weighted by atomic mass is 10.1. The number of benzene rings is 1. The molecule has 1 heterocycles. The van der Waals surface area contributed by atoms with Gasteiger partial charge in [-0.25, -0.2) is 8.78 Å². The van der Waals surface area contributed by atoms with Crippen LogP contribution in [0.4, 0.5) is 8.78 Å². The predicted molar refractivity (Wildman–Crippen MR) is 78.9 cm³/mol. The van der Waals surface area contributed by atoms with Gasteiger partial charge in [0.15, 0.2) is 0 Å². The van der Waals surface area contributed by atoms with Crippen LogP contribution in [0.25, 0.3) is 0 Å². The van der Waals surface area contributed by atoms with Crippen LogP contribution in [0.1, 0.15) is 20.8 Å². The largest absolute Gasteiger partial charge is 0.336 e. The van der Waals surface area contributed by atoms with Gasteiger partial charge in [0.1, 0.15) is 11.6 Å². The highest BCUT2D eigenvalue weighted by Crippen LogP contribution is 2.22. The van der Waals surface area contributed by atoms with Crippen molar-refractivity contribution in [2.45, 2.75) is 13.5 Å². The van der Waals surface area contributed by atoms with Crippen molar-refractivity contribution in [2.24, 2.45) is 0 Å². The monoisotopic (exact) mass is 359 g/mol. The molecule has 0 aliphatic rings. The van der Waals surface area contributed by atoms with Crippen molar-refractivity contribution in [3.63, 3.8) is 0 Å². The quantitative estimate of drug-likeness (QED) is 0.796. The van der Waals surface area contributed by atoms with Crippen LogP contribution < -0.4 is 0 Å². The second-order valence-corrected chi connectivity index (χ2v) is 6.39. The van der Waals surface area contributed by atoms with E-state index in [2.05, 4.69) is 15.9 Å². The molecular weight excluding hydrogens is 348 g/mol. The summed E-state index contributed by atoms with van der Waals surface area (Å²) in [5, 5.41) is 1.91. The van der Waals surface area contributed by atoms with E-state index in [-0.39, 0.29) is 11.1 Å². The van der Waals surface area contributed by atoms with Crippen LogP contribution in [0.5, 0.6) is 0 Å². The van der Waals surface area contributed by atoms with Crippen molar-refractivity contribution in [1.82, 2.24) is 4.90 Å². The zero-order valence-corrected chi connectivity index (χ0v) is 13.3. The number of rotatable bonds is 3. The number of aryl methyl sites for hydroxylation is 1. The third-order valence-corrected chi connectivity index (χ3v) is 4.52. The molecule has 2 aromatic rings. The standard InChI is InChI=1S/C14H12BrF2NOS/c1-8-3-11(13(17)5-12(8)16)14(19)18(2)6-10-4-9(15)7-20-10/h3-5,7H,6H2,1-2H3. The van der Waals surface area contributed by atoms with E-state index in [1.54, 1.807) is 7.05 Å². The van der Waals surface area contributed by atoms with E-state index in [1.807, 2.05) is 11.4 Å². The van der Waals surface area contributed by atoms with Gasteiger partial charge in [0.25, 0.3) is 5.91 Å². The minimum atomic E-state index is -0.836. The normalized spacial score (nSPS) is 10.7. The molecule has 0 unspecified atom stereocenters. The summed E-state index contributed by atoms with van der Waals surface area (Å²) >= 11 is 4.84. The van der Waals surface area contributed by atoms with Gasteiger partial charge in [-0.2, -0.15) is 0 Å². The number of halogens is 3. The molecule has 0 atom stereocenters. The molecular formula is C14H12BrF2NOS. The minimum Gasteiger partial charge on any atom is -0.336 e. The molecule has 0 fully saturated rings. The second-order valence-electron chi connectivity index (χ2n) is 4.47. The van der Waals surface area contributed by atoms with Crippen LogP contribution in [0.3, 0.4) is 0 Å². The van der Waals surface area contributed by atoms with Gasteiger partial charge in [0.2, 0.25) is 0 Å². The Morgan fingerprint density at radius 2 is 2.00 bits per heavy atom. The Labute approximate surface area is 128 Å². The molecule has 0 spiro atoms. The van der Waals surface area contributed by atoms with E-state index >= 15 is 0 Å². The summed E-state index contributed by atoms with van der Waals surface area (Å²) in [5.74, 6) is -1.95. The summed E-state index contributed by atoms with van der Waals surface area (Å²) < 4.78 is 27.8. The minimum absolute atomic E-state index is 0.109. The molecule has 0 radical (unpaired) electrons. The number of hydrogen-bond acceptors (Lipinski definition) is 2. The lowest BCUT2D eigenvalue weighted by Gasteiger charge is -2.17. The fourth-order valence-corrected chi connectivity index (χ4v) is 3.27. The van der Waals surface area contributed by atoms with Gasteiger partial charge < -0.3 is 4.90 Å². The summed E-state index contributed by atoms with van der Waals surface area (Å²) in [6, 6.07) is 3.90. The Balaban J connectivity index is 2.20. The molecule has 0 N–H and O–H groups in total. The number of amides is 1. The average Bonchev–Trinajstić information content (AvgIpc) is 2.78. The maximum absolute atomic E-state index is 13.7. The van der Waals surface area contributed by atoms with E-state index in [1.165, 1.54) is 29.2 Å². The number of nitrogens with zero attached hydrogens (tertiary/aromatic N) is 1. The van der Waals surface area contributed by atoms with Crippen molar-refractivity contribution in [1.29, 1.82) is 0 Å². The fraction of sp³-hybridized carbons (Fsp3) is 0.214. The topological polar surface area (TPSA) is 20.3 Å². The van der Waals surface area contributed by atoms with Gasteiger partial charge in [-0.15, -0.1) is 11.3 Å². The van der Waals surface area contributed by atoms with Crippen LogP contribution in [-0.2, 0) is 6.54 Å². The second kappa shape index (κ2) is 6.01. The fourth-order valence-electron chi connectivity index (χ4n) is 1.77. The lowest BCUT2D eigenvalue weighted by molar-refractivity contribution is 0.0781. The molecule has 2 nitrogen and oxygen atoms in total. The summed E-state index contributed by atoms with van der Waals surface area (Å²) in [6.07, 6.45) is 0. The Kier molecular flexibility index (Phi) is 4.55. The highest BCUT2D eigenvalue weighted by molar-refractivity contribution is 9.10. The van der Waals surface area contributed by atoms with Gasteiger partial charge in [0, 0.05) is 27.8 Å². The molecule has 0 aliphatic heterocycles. The van der Waals surface area contributed by atoms with Gasteiger partial charge in [-0.05, 0) is 40.5 Å². The first-order chi connectivity index (χ1) is 9.38. The highest BCUT2D eigenvalue weighted by atomic mass is 79.9. The van der Waals surface area contributed by atoms with Gasteiger partial charge in [-0.1, -0.05) is 0 Å². The van der Waals surface area contributed by atoms with Crippen molar-refractivity contribution >= 4 is 33.2 Å². The van der Waals surface area contributed by atoms with E-state index in [4.69, 9.17) is 0 Å². The van der Waals surface area contributed by atoms with Gasteiger partial charge >= 0.3 is 0 Å². The molecule has 2 rings (SSSR count). The molecule has 0 saturated carbocycles. The summed E-state index contributed by atoms with van der Waals surface area (Å²) in [5.41, 5.74) is 0.143. The summed E-state index contributed by atoms with van der Waals surface area (Å²) in [4.78, 5) is 14.6. The molecule has 0 aliphatic carbocycles. The zero-order valence-electron chi connectivity index (χ0n) is 10.9. The molecule has 6 heteroatoms. The SMILES string of the molecule is Cc1cc(C(=O)N(C)Cc2cc(Br)cs2)c(F)cc1F. The smallest absolute Gasteiger partial charge is 0.256 e. The number of carbonyl (C=O) groups excluding carboxylic acids is 1. The Morgan fingerprint density at radius 3 is 2.60 bits per heavy atom. The molecule has 0 saturated heterocycles. The van der Waals surface area contributed by atoms with E-state index in [0.29, 0.717) is 6.54 Å². The lowest BCUT2D eigenvalue weighted by Crippen LogP contribution is -2.26. The molecule has 20 heavy (non-hydrogen) atoms. The van der Waals surface area contributed by atoms with Crippen molar-refractivity contribution in [2.75, 3.05) is 7.05 Å². The van der Waals surface area contributed by atoms with Crippen molar-refractivity contribution < 1.29 is 13.6 Å². The Hall–Kier alpha value is -1.27. The van der Waals surface area contributed by atoms with E-state index in [9.17, 15) is 13.6 Å². The zero-order chi connectivity index (χ0) is 14.9. The molecule has 1 aromatic carbocycles. The Bertz CT molecular complexity index is 657.